The fourth-order valence-electron chi connectivity index (χ4n) is 0.470. The number of halogens is 1. The quantitative estimate of drug-likeness (QED) is 0.772. The molecule has 6 heteroatoms. The molecule has 0 spiro atoms. The standard InChI is InChI=1S/C5H6BrN3OS/c1-3(6)2-11-5-7-4(10)8-9-5/h1-2H2,(H2,7,8,9,10). The molecule has 1 aromatic rings. The number of thioether (sulfide) groups is 1. The molecule has 4 nitrogen and oxygen atoms in total. The smallest absolute Gasteiger partial charge is 0.284 e. The zero-order chi connectivity index (χ0) is 8.27. The van der Waals surface area contributed by atoms with E-state index in [0.717, 1.165) is 4.48 Å². The molecule has 1 heterocycles. The van der Waals surface area contributed by atoms with Gasteiger partial charge in [-0.2, -0.15) is 0 Å². The molecule has 1 aromatic heterocycles. The minimum atomic E-state index is -0.285. The van der Waals surface area contributed by atoms with E-state index in [1.165, 1.54) is 11.8 Å². The van der Waals surface area contributed by atoms with E-state index in [9.17, 15) is 4.79 Å². The second kappa shape index (κ2) is 3.77. The molecule has 0 aliphatic heterocycles. The van der Waals surface area contributed by atoms with Gasteiger partial charge in [-0.25, -0.2) is 9.89 Å². The fourth-order valence-corrected chi connectivity index (χ4v) is 1.38. The molecular formula is C5H6BrN3OS. The summed E-state index contributed by atoms with van der Waals surface area (Å²) < 4.78 is 0.867. The summed E-state index contributed by atoms with van der Waals surface area (Å²) in [5.41, 5.74) is -0.285. The maximum Gasteiger partial charge on any atom is 0.341 e. The van der Waals surface area contributed by atoms with Gasteiger partial charge in [0.2, 0.25) is 0 Å². The van der Waals surface area contributed by atoms with Gasteiger partial charge in [0, 0.05) is 5.75 Å². The predicted octanol–water partition coefficient (Wildman–Crippen LogP) is 1.10. The number of rotatable bonds is 3. The monoisotopic (exact) mass is 235 g/mol. The lowest BCUT2D eigenvalue weighted by Crippen LogP contribution is -2.00. The summed E-state index contributed by atoms with van der Waals surface area (Å²) in [5.74, 6) is 0.695. The van der Waals surface area contributed by atoms with Crippen LogP contribution < -0.4 is 5.69 Å². The molecule has 0 bridgehead atoms. The van der Waals surface area contributed by atoms with Crippen LogP contribution in [-0.4, -0.2) is 20.9 Å². The van der Waals surface area contributed by atoms with Crippen molar-refractivity contribution in [2.45, 2.75) is 5.16 Å². The van der Waals surface area contributed by atoms with Crippen LogP contribution in [0.15, 0.2) is 21.0 Å². The van der Waals surface area contributed by atoms with Crippen molar-refractivity contribution in [3.63, 3.8) is 0 Å². The Kier molecular flexibility index (Phi) is 2.95. The van der Waals surface area contributed by atoms with Crippen LogP contribution in [0, 0.1) is 0 Å². The molecule has 0 atom stereocenters. The van der Waals surface area contributed by atoms with Crippen LogP contribution in [0.25, 0.3) is 0 Å². The fraction of sp³-hybridized carbons (Fsp3) is 0.200. The van der Waals surface area contributed by atoms with Crippen LogP contribution in [0.4, 0.5) is 0 Å². The average molecular weight is 236 g/mol. The first-order valence-corrected chi connectivity index (χ1v) is 4.57. The first-order valence-electron chi connectivity index (χ1n) is 2.79. The first kappa shape index (κ1) is 8.61. The van der Waals surface area contributed by atoms with E-state index < -0.39 is 0 Å². The van der Waals surface area contributed by atoms with Crippen molar-refractivity contribution >= 4 is 27.7 Å². The van der Waals surface area contributed by atoms with Crippen molar-refractivity contribution in [2.75, 3.05) is 5.75 Å². The van der Waals surface area contributed by atoms with Crippen LogP contribution in [0.2, 0.25) is 0 Å². The third-order valence-electron chi connectivity index (χ3n) is 0.845. The maximum atomic E-state index is 10.5. The number of aromatic nitrogens is 3. The van der Waals surface area contributed by atoms with Gasteiger partial charge in [-0.3, -0.25) is 4.98 Å². The second-order valence-electron chi connectivity index (χ2n) is 1.79. The van der Waals surface area contributed by atoms with E-state index >= 15 is 0 Å². The summed E-state index contributed by atoms with van der Waals surface area (Å²) in [7, 11) is 0. The highest BCUT2D eigenvalue weighted by Gasteiger charge is 1.97. The summed E-state index contributed by atoms with van der Waals surface area (Å²) >= 11 is 4.60. The summed E-state index contributed by atoms with van der Waals surface area (Å²) in [6, 6.07) is 0. The minimum absolute atomic E-state index is 0.285. The van der Waals surface area contributed by atoms with E-state index in [4.69, 9.17) is 0 Å². The molecule has 0 unspecified atom stereocenters. The van der Waals surface area contributed by atoms with Gasteiger partial charge in [0.15, 0.2) is 5.16 Å². The maximum absolute atomic E-state index is 10.5. The third-order valence-corrected chi connectivity index (χ3v) is 2.46. The topological polar surface area (TPSA) is 61.5 Å². The number of hydrogen-bond acceptors (Lipinski definition) is 3. The lowest BCUT2D eigenvalue weighted by molar-refractivity contribution is 0.972. The van der Waals surface area contributed by atoms with Gasteiger partial charge < -0.3 is 0 Å². The highest BCUT2D eigenvalue weighted by molar-refractivity contribution is 9.11. The third kappa shape index (κ3) is 2.94. The normalized spacial score (nSPS) is 9.91. The number of nitrogens with zero attached hydrogens (tertiary/aromatic N) is 1. The van der Waals surface area contributed by atoms with Crippen LogP contribution in [0.3, 0.4) is 0 Å². The molecule has 0 radical (unpaired) electrons. The van der Waals surface area contributed by atoms with Gasteiger partial charge in [0.05, 0.1) is 0 Å². The SMILES string of the molecule is C=C(Br)CSc1n[nH]c(=O)[nH]1. The Morgan fingerprint density at radius 2 is 2.55 bits per heavy atom. The van der Waals surface area contributed by atoms with Gasteiger partial charge in [0.1, 0.15) is 0 Å². The molecule has 0 saturated heterocycles. The molecule has 0 aliphatic carbocycles. The van der Waals surface area contributed by atoms with Crippen LogP contribution in [-0.2, 0) is 0 Å². The Balaban J connectivity index is 2.51. The predicted molar refractivity (Wildman–Crippen MR) is 48.0 cm³/mol. The van der Waals surface area contributed by atoms with E-state index in [1.54, 1.807) is 0 Å². The molecule has 0 saturated carbocycles. The Hall–Kier alpha value is -0.490. The Labute approximate surface area is 75.6 Å². The van der Waals surface area contributed by atoms with Gasteiger partial charge in [0.25, 0.3) is 0 Å². The first-order chi connectivity index (χ1) is 5.18. The molecule has 11 heavy (non-hydrogen) atoms. The van der Waals surface area contributed by atoms with Crippen LogP contribution in [0.1, 0.15) is 0 Å². The molecule has 0 fully saturated rings. The van der Waals surface area contributed by atoms with E-state index in [1.807, 2.05) is 0 Å². The molecule has 1 rings (SSSR count). The summed E-state index contributed by atoms with van der Waals surface area (Å²) in [6.07, 6.45) is 0. The Morgan fingerprint density at radius 1 is 1.82 bits per heavy atom. The van der Waals surface area contributed by atoms with Gasteiger partial charge in [-0.1, -0.05) is 34.3 Å². The zero-order valence-corrected chi connectivity index (χ0v) is 7.96. The van der Waals surface area contributed by atoms with Crippen LogP contribution >= 0.6 is 27.7 Å². The molecular weight excluding hydrogens is 230 g/mol. The van der Waals surface area contributed by atoms with Crippen molar-refractivity contribution in [3.8, 4) is 0 Å². The number of hydrogen-bond donors (Lipinski definition) is 2. The largest absolute Gasteiger partial charge is 0.341 e. The van der Waals surface area contributed by atoms with E-state index in [2.05, 4.69) is 37.7 Å². The second-order valence-corrected chi connectivity index (χ2v) is 3.87. The van der Waals surface area contributed by atoms with Gasteiger partial charge in [-0.15, -0.1) is 5.10 Å². The molecule has 0 aliphatic rings. The molecule has 0 aromatic carbocycles. The van der Waals surface area contributed by atoms with Crippen molar-refractivity contribution in [3.05, 3.63) is 21.5 Å². The van der Waals surface area contributed by atoms with Crippen molar-refractivity contribution in [1.82, 2.24) is 15.2 Å². The van der Waals surface area contributed by atoms with Crippen molar-refractivity contribution in [2.24, 2.45) is 0 Å². The van der Waals surface area contributed by atoms with Crippen LogP contribution in [0.5, 0.6) is 0 Å². The highest BCUT2D eigenvalue weighted by atomic mass is 79.9. The lowest BCUT2D eigenvalue weighted by Gasteiger charge is -1.91. The average Bonchev–Trinajstić information content (AvgIpc) is 2.31. The Morgan fingerprint density at radius 3 is 3.00 bits per heavy atom. The van der Waals surface area contributed by atoms with Gasteiger partial charge >= 0.3 is 5.69 Å². The Bertz CT molecular complexity index is 305. The summed E-state index contributed by atoms with van der Waals surface area (Å²) in [4.78, 5) is 13.0. The van der Waals surface area contributed by atoms with Crippen molar-refractivity contribution < 1.29 is 0 Å². The lowest BCUT2D eigenvalue weighted by atomic mass is 10.8. The minimum Gasteiger partial charge on any atom is -0.284 e. The molecule has 60 valence electrons. The van der Waals surface area contributed by atoms with E-state index in [-0.39, 0.29) is 5.69 Å². The van der Waals surface area contributed by atoms with Crippen molar-refractivity contribution in [1.29, 1.82) is 0 Å². The summed E-state index contributed by atoms with van der Waals surface area (Å²) in [6.45, 7) is 3.64. The number of H-pyrrole nitrogens is 2. The number of aromatic amines is 2. The van der Waals surface area contributed by atoms with E-state index in [0.29, 0.717) is 10.9 Å². The molecule has 0 amide bonds. The summed E-state index contributed by atoms with van der Waals surface area (Å²) in [5, 5.41) is 6.54. The zero-order valence-electron chi connectivity index (χ0n) is 5.56. The molecule has 2 N–H and O–H groups in total. The number of nitrogens with one attached hydrogen (secondary N) is 2. The van der Waals surface area contributed by atoms with Gasteiger partial charge in [-0.05, 0) is 4.48 Å². The highest BCUT2D eigenvalue weighted by Crippen LogP contribution is 2.16.